The zero-order chi connectivity index (χ0) is 27.6. The molecular weight excluding hydrogens is 494 g/mol. The maximum absolute atomic E-state index is 14.0. The van der Waals surface area contributed by atoms with Crippen LogP contribution in [0.3, 0.4) is 0 Å². The highest BCUT2D eigenvalue weighted by Crippen LogP contribution is 2.63. The van der Waals surface area contributed by atoms with E-state index < -0.39 is 52.6 Å². The van der Waals surface area contributed by atoms with E-state index in [0.29, 0.717) is 49.9 Å². The van der Waals surface area contributed by atoms with Crippen LogP contribution in [0.15, 0.2) is 34.3 Å². The predicted molar refractivity (Wildman–Crippen MR) is 132 cm³/mol. The minimum absolute atomic E-state index is 0.0210. The molecule has 10 heteroatoms. The van der Waals surface area contributed by atoms with Gasteiger partial charge in [0.2, 0.25) is 5.78 Å². The summed E-state index contributed by atoms with van der Waals surface area (Å²) in [6, 6.07) is 0. The smallest absolute Gasteiger partial charge is 0.340 e. The second-order valence-corrected chi connectivity index (χ2v) is 11.5. The van der Waals surface area contributed by atoms with E-state index in [2.05, 4.69) is 0 Å². The number of fused-ring (bicyclic) bond motifs is 4. The number of cyclic esters (lactones) is 1. The Morgan fingerprint density at radius 2 is 1.87 bits per heavy atom. The molecule has 0 unspecified atom stereocenters. The number of hydrogen-bond donors (Lipinski definition) is 2. The Labute approximate surface area is 221 Å². The normalized spacial score (nSPS) is 38.2. The number of aliphatic hydroxyl groups is 2. The van der Waals surface area contributed by atoms with E-state index >= 15 is 0 Å². The molecule has 206 valence electrons. The van der Waals surface area contributed by atoms with Crippen LogP contribution in [0.4, 0.5) is 0 Å². The quantitative estimate of drug-likeness (QED) is 0.410. The van der Waals surface area contributed by atoms with Gasteiger partial charge in [0.25, 0.3) is 0 Å². The fraction of sp³-hybridized carbons (Fsp3) is 0.643. The highest BCUT2D eigenvalue weighted by Gasteiger charge is 2.64. The number of nitrogens with zero attached hydrogens (tertiary/aromatic N) is 1. The van der Waals surface area contributed by atoms with Crippen LogP contribution in [0, 0.1) is 16.7 Å². The molecule has 0 radical (unpaired) electrons. The third-order valence-corrected chi connectivity index (χ3v) is 9.32. The number of carbonyl (C=O) groups excluding carboxylic acids is 4. The molecule has 5 aliphatic rings. The van der Waals surface area contributed by atoms with E-state index in [-0.39, 0.29) is 35.9 Å². The van der Waals surface area contributed by atoms with E-state index in [4.69, 9.17) is 14.2 Å². The van der Waals surface area contributed by atoms with Crippen LogP contribution >= 0.6 is 0 Å². The number of carbonyl (C=O) groups is 4. The molecule has 6 atom stereocenters. The summed E-state index contributed by atoms with van der Waals surface area (Å²) in [7, 11) is 1.47. The Kier molecular flexibility index (Phi) is 6.54. The topological polar surface area (TPSA) is 140 Å². The molecular formula is C28H35NO9. The van der Waals surface area contributed by atoms with Gasteiger partial charge in [0.05, 0.1) is 23.7 Å². The molecule has 0 aromatic rings. The highest BCUT2D eigenvalue weighted by atomic mass is 16.6. The molecule has 2 N–H and O–H groups in total. The minimum Gasteiger partial charge on any atom is -0.504 e. The van der Waals surface area contributed by atoms with Gasteiger partial charge in [0.15, 0.2) is 5.76 Å². The fourth-order valence-electron chi connectivity index (χ4n) is 7.36. The van der Waals surface area contributed by atoms with Crippen molar-refractivity contribution >= 4 is 23.5 Å². The number of allylic oxidation sites excluding steroid dienone is 1. The van der Waals surface area contributed by atoms with E-state index in [0.717, 1.165) is 0 Å². The number of rotatable bonds is 4. The Hall–Kier alpha value is -2.98. The van der Waals surface area contributed by atoms with Crippen LogP contribution in [0.1, 0.15) is 52.9 Å². The van der Waals surface area contributed by atoms with Crippen LogP contribution in [0.2, 0.25) is 0 Å². The number of esters is 2. The van der Waals surface area contributed by atoms with Gasteiger partial charge >= 0.3 is 11.9 Å². The Balaban J connectivity index is 1.73. The summed E-state index contributed by atoms with van der Waals surface area (Å²) in [5, 5.41) is 22.4. The van der Waals surface area contributed by atoms with Gasteiger partial charge in [-0.3, -0.25) is 14.4 Å². The van der Waals surface area contributed by atoms with Gasteiger partial charge in [-0.1, -0.05) is 6.92 Å². The van der Waals surface area contributed by atoms with E-state index in [1.807, 2.05) is 11.8 Å². The lowest BCUT2D eigenvalue weighted by atomic mass is 9.53. The first-order valence-corrected chi connectivity index (χ1v) is 13.2. The lowest BCUT2D eigenvalue weighted by molar-refractivity contribution is -0.161. The monoisotopic (exact) mass is 529 g/mol. The molecule has 2 heterocycles. The summed E-state index contributed by atoms with van der Waals surface area (Å²) < 4.78 is 17.1. The molecule has 10 nitrogen and oxygen atoms in total. The average molecular weight is 530 g/mol. The largest absolute Gasteiger partial charge is 0.504 e. The van der Waals surface area contributed by atoms with Crippen LogP contribution in [0.25, 0.3) is 0 Å². The maximum Gasteiger partial charge on any atom is 0.340 e. The Bertz CT molecular complexity index is 1190. The van der Waals surface area contributed by atoms with Crippen molar-refractivity contribution in [1.29, 1.82) is 0 Å². The van der Waals surface area contributed by atoms with Crippen molar-refractivity contribution < 1.29 is 43.6 Å². The van der Waals surface area contributed by atoms with Crippen molar-refractivity contribution in [2.75, 3.05) is 26.8 Å². The highest BCUT2D eigenvalue weighted by molar-refractivity contribution is 6.13. The summed E-state index contributed by atoms with van der Waals surface area (Å²) in [5.41, 5.74) is -1.000. The number of likely N-dealkylation sites (tertiary alicyclic amines) is 1. The van der Waals surface area contributed by atoms with Gasteiger partial charge in [-0.25, -0.2) is 4.79 Å². The van der Waals surface area contributed by atoms with Gasteiger partial charge in [0.1, 0.15) is 18.0 Å². The number of Topliss-reactive ketones (excluding diaryl/α,β-unsaturated/α-hetero) is 2. The molecule has 2 saturated heterocycles. The third-order valence-electron chi connectivity index (χ3n) is 9.32. The molecule has 1 saturated carbocycles. The van der Waals surface area contributed by atoms with Crippen LogP contribution in [-0.2, 0) is 33.4 Å². The molecule has 3 fully saturated rings. The van der Waals surface area contributed by atoms with Gasteiger partial charge in [0, 0.05) is 62.7 Å². The van der Waals surface area contributed by atoms with E-state index in [1.54, 1.807) is 13.1 Å². The van der Waals surface area contributed by atoms with E-state index in [9.17, 15) is 29.4 Å². The first-order chi connectivity index (χ1) is 17.9. The number of ketones is 2. The van der Waals surface area contributed by atoms with E-state index in [1.165, 1.54) is 14.0 Å². The second-order valence-electron chi connectivity index (χ2n) is 11.5. The summed E-state index contributed by atoms with van der Waals surface area (Å²) in [6.07, 6.45) is 1.03. The number of ether oxygens (including phenoxy) is 3. The van der Waals surface area contributed by atoms with Crippen molar-refractivity contribution in [3.8, 4) is 0 Å². The number of aliphatic hydroxyl groups excluding tert-OH is 2. The first-order valence-electron chi connectivity index (χ1n) is 13.2. The number of piperidine rings is 1. The maximum atomic E-state index is 14.0. The van der Waals surface area contributed by atoms with Gasteiger partial charge in [-0.05, 0) is 37.7 Å². The van der Waals surface area contributed by atoms with Crippen LogP contribution < -0.4 is 0 Å². The molecule has 5 rings (SSSR count). The molecule has 0 spiro atoms. The standard InChI is InChI=1S/C28H35NO9/c1-14(30)37-18-11-27(2)17(5-6-19(27)32)21-23(18)28(3)20(13-36-4)38-26(35)16(22(28)25(34)24(21)33)12-29-9-7-15(31)8-10-29/h12,17-20,32,34H,5-11,13H2,1-4H3/b16-12+/t17-,18+,19-,20+,27-,28-/m0/s1. The second kappa shape index (κ2) is 9.34. The molecule has 0 aromatic heterocycles. The zero-order valence-electron chi connectivity index (χ0n) is 22.2. The lowest BCUT2D eigenvalue weighted by Crippen LogP contribution is -2.57. The third kappa shape index (κ3) is 3.83. The lowest BCUT2D eigenvalue weighted by Gasteiger charge is -2.54. The molecule has 3 aliphatic carbocycles. The summed E-state index contributed by atoms with van der Waals surface area (Å²) in [5.74, 6) is -2.66. The predicted octanol–water partition coefficient (Wildman–Crippen LogP) is 1.92. The zero-order valence-corrected chi connectivity index (χ0v) is 22.2. The fourth-order valence-corrected chi connectivity index (χ4v) is 7.36. The summed E-state index contributed by atoms with van der Waals surface area (Å²) in [4.78, 5) is 53.2. The SMILES string of the molecule is COC[C@H]1OC(=O)/C(=C/N2CCC(=O)CC2)C2=C(O)C(=O)C3=C([C@H](OC(C)=O)C[C@]4(C)[C@@H](O)CC[C@@H]34)[C@]21C. The Morgan fingerprint density at radius 1 is 1.18 bits per heavy atom. The summed E-state index contributed by atoms with van der Waals surface area (Å²) in [6.45, 7) is 5.74. The molecule has 38 heavy (non-hydrogen) atoms. The van der Waals surface area contributed by atoms with Gasteiger partial charge < -0.3 is 29.3 Å². The number of hydrogen-bond acceptors (Lipinski definition) is 10. The summed E-state index contributed by atoms with van der Waals surface area (Å²) >= 11 is 0. The van der Waals surface area contributed by atoms with Crippen LogP contribution in [-0.4, -0.2) is 83.7 Å². The minimum atomic E-state index is -1.25. The molecule has 0 bridgehead atoms. The van der Waals surface area contributed by atoms with Gasteiger partial charge in [-0.2, -0.15) is 0 Å². The average Bonchev–Trinajstić information content (AvgIpc) is 3.15. The molecule has 0 aromatic carbocycles. The van der Waals surface area contributed by atoms with Crippen molar-refractivity contribution in [3.63, 3.8) is 0 Å². The number of methoxy groups -OCH3 is 1. The molecule has 2 aliphatic heterocycles. The van der Waals surface area contributed by atoms with Crippen molar-refractivity contribution in [1.82, 2.24) is 4.90 Å². The van der Waals surface area contributed by atoms with Crippen LogP contribution in [0.5, 0.6) is 0 Å². The van der Waals surface area contributed by atoms with Gasteiger partial charge in [-0.15, -0.1) is 0 Å². The Morgan fingerprint density at radius 3 is 2.50 bits per heavy atom. The van der Waals surface area contributed by atoms with Crippen molar-refractivity contribution in [2.24, 2.45) is 16.7 Å². The molecule has 0 amide bonds. The first kappa shape index (κ1) is 26.6. The van der Waals surface area contributed by atoms with Crippen molar-refractivity contribution in [3.05, 3.63) is 34.3 Å². The van der Waals surface area contributed by atoms with Crippen molar-refractivity contribution in [2.45, 2.75) is 71.2 Å².